The Morgan fingerprint density at radius 1 is 1.42 bits per heavy atom. The van der Waals surface area contributed by atoms with E-state index in [0.717, 1.165) is 18.2 Å². The number of carbonyl (C=O) groups excluding carboxylic acids is 1. The van der Waals surface area contributed by atoms with E-state index in [4.69, 9.17) is 5.26 Å². The molecule has 1 rings (SSSR count). The molecule has 19 heavy (non-hydrogen) atoms. The Morgan fingerprint density at radius 3 is 2.63 bits per heavy atom. The molecule has 1 aromatic rings. The van der Waals surface area contributed by atoms with Crippen molar-refractivity contribution in [3.05, 3.63) is 35.4 Å². The van der Waals surface area contributed by atoms with Crippen LogP contribution in [0.4, 0.5) is 8.78 Å². The molecule has 1 aromatic carbocycles. The van der Waals surface area contributed by atoms with Gasteiger partial charge in [0.25, 0.3) is 0 Å². The first-order valence-electron chi connectivity index (χ1n) is 5.88. The molecule has 0 atom stereocenters. The minimum Gasteiger partial charge on any atom is -0.344 e. The normalized spacial score (nSPS) is 10.9. The van der Waals surface area contributed by atoms with Gasteiger partial charge in [0.2, 0.25) is 5.91 Å². The first-order chi connectivity index (χ1) is 8.77. The number of hydrogen-bond acceptors (Lipinski definition) is 2. The number of carbonyl (C=O) groups is 1. The van der Waals surface area contributed by atoms with Gasteiger partial charge in [-0.3, -0.25) is 4.79 Å². The first kappa shape index (κ1) is 15.1. The van der Waals surface area contributed by atoms with Crippen LogP contribution in [-0.4, -0.2) is 24.4 Å². The molecule has 0 bridgehead atoms. The quantitative estimate of drug-likeness (QED) is 0.840. The molecule has 0 saturated carbocycles. The van der Waals surface area contributed by atoms with Crippen molar-refractivity contribution in [1.82, 2.24) is 4.90 Å². The molecular weight excluding hydrogens is 250 g/mol. The molecule has 0 aliphatic rings. The van der Waals surface area contributed by atoms with Crippen LogP contribution in [0.15, 0.2) is 18.2 Å². The third-order valence-corrected chi connectivity index (χ3v) is 2.89. The zero-order valence-corrected chi connectivity index (χ0v) is 11.2. The topological polar surface area (TPSA) is 44.1 Å². The van der Waals surface area contributed by atoms with Gasteiger partial charge in [0, 0.05) is 13.6 Å². The molecule has 0 heterocycles. The van der Waals surface area contributed by atoms with Crippen LogP contribution in [0.3, 0.4) is 0 Å². The number of rotatable bonds is 4. The standard InChI is InChI=1S/C14H16F2N2O/c1-14(2,9-17)13(19)18(3)7-6-10-8-11(15)4-5-12(10)16/h4-5,8H,6-7H2,1-3H3. The Labute approximate surface area is 111 Å². The average molecular weight is 266 g/mol. The monoisotopic (exact) mass is 266 g/mol. The van der Waals surface area contributed by atoms with Gasteiger partial charge in [-0.25, -0.2) is 8.78 Å². The fourth-order valence-electron chi connectivity index (χ4n) is 1.65. The van der Waals surface area contributed by atoms with E-state index in [1.165, 1.54) is 18.7 Å². The van der Waals surface area contributed by atoms with E-state index in [1.54, 1.807) is 7.05 Å². The van der Waals surface area contributed by atoms with Gasteiger partial charge in [0.15, 0.2) is 0 Å². The van der Waals surface area contributed by atoms with Crippen molar-refractivity contribution in [2.75, 3.05) is 13.6 Å². The lowest BCUT2D eigenvalue weighted by Crippen LogP contribution is -2.38. The van der Waals surface area contributed by atoms with Crippen LogP contribution in [-0.2, 0) is 11.2 Å². The highest BCUT2D eigenvalue weighted by Gasteiger charge is 2.30. The second kappa shape index (κ2) is 5.79. The van der Waals surface area contributed by atoms with E-state index >= 15 is 0 Å². The van der Waals surface area contributed by atoms with Crippen molar-refractivity contribution < 1.29 is 13.6 Å². The lowest BCUT2D eigenvalue weighted by atomic mass is 9.94. The molecule has 0 aromatic heterocycles. The lowest BCUT2D eigenvalue weighted by molar-refractivity contribution is -0.136. The largest absolute Gasteiger partial charge is 0.344 e. The van der Waals surface area contributed by atoms with Gasteiger partial charge in [-0.1, -0.05) is 0 Å². The first-order valence-corrected chi connectivity index (χ1v) is 5.88. The van der Waals surface area contributed by atoms with Crippen LogP contribution >= 0.6 is 0 Å². The summed E-state index contributed by atoms with van der Waals surface area (Å²) in [6.45, 7) is 3.27. The Morgan fingerprint density at radius 2 is 2.05 bits per heavy atom. The number of nitriles is 1. The number of hydrogen-bond donors (Lipinski definition) is 0. The molecule has 0 saturated heterocycles. The van der Waals surface area contributed by atoms with Crippen molar-refractivity contribution in [2.24, 2.45) is 5.41 Å². The second-order valence-corrected chi connectivity index (χ2v) is 4.95. The molecule has 0 fully saturated rings. The average Bonchev–Trinajstić information content (AvgIpc) is 2.38. The highest BCUT2D eigenvalue weighted by atomic mass is 19.1. The zero-order chi connectivity index (χ0) is 14.6. The molecule has 0 radical (unpaired) electrons. The predicted molar refractivity (Wildman–Crippen MR) is 67.1 cm³/mol. The number of halogens is 2. The Hall–Kier alpha value is -1.96. The van der Waals surface area contributed by atoms with Gasteiger partial charge in [0.1, 0.15) is 17.0 Å². The minimum absolute atomic E-state index is 0.202. The third kappa shape index (κ3) is 3.75. The Kier molecular flexibility index (Phi) is 4.60. The summed E-state index contributed by atoms with van der Waals surface area (Å²) in [5, 5.41) is 8.87. The molecule has 5 heteroatoms. The summed E-state index contributed by atoms with van der Waals surface area (Å²) >= 11 is 0. The second-order valence-electron chi connectivity index (χ2n) is 4.95. The van der Waals surface area contributed by atoms with E-state index in [0.29, 0.717) is 0 Å². The molecule has 0 spiro atoms. The van der Waals surface area contributed by atoms with Gasteiger partial charge >= 0.3 is 0 Å². The van der Waals surface area contributed by atoms with Gasteiger partial charge in [0.05, 0.1) is 6.07 Å². The van der Waals surface area contributed by atoms with E-state index in [2.05, 4.69) is 0 Å². The summed E-state index contributed by atoms with van der Waals surface area (Å²) in [5.41, 5.74) is -0.899. The third-order valence-electron chi connectivity index (χ3n) is 2.89. The maximum atomic E-state index is 13.4. The molecule has 0 aliphatic carbocycles. The summed E-state index contributed by atoms with van der Waals surface area (Å²) in [7, 11) is 1.54. The maximum Gasteiger partial charge on any atom is 0.242 e. The summed E-state index contributed by atoms with van der Waals surface area (Å²) < 4.78 is 26.4. The number of likely N-dealkylation sites (N-methyl/N-ethyl adjacent to an activating group) is 1. The van der Waals surface area contributed by atoms with E-state index in [9.17, 15) is 13.6 Å². The van der Waals surface area contributed by atoms with Crippen molar-refractivity contribution in [2.45, 2.75) is 20.3 Å². The molecule has 0 aliphatic heterocycles. The summed E-state index contributed by atoms with van der Waals surface area (Å²) in [6.07, 6.45) is 0.202. The summed E-state index contributed by atoms with van der Waals surface area (Å²) in [6, 6.07) is 5.14. The van der Waals surface area contributed by atoms with Crippen LogP contribution < -0.4 is 0 Å². The summed E-state index contributed by atoms with van der Waals surface area (Å²) in [4.78, 5) is 13.3. The molecule has 1 amide bonds. The molecular formula is C14H16F2N2O. The van der Waals surface area contributed by atoms with E-state index in [-0.39, 0.29) is 24.4 Å². The van der Waals surface area contributed by atoms with Gasteiger partial charge in [-0.05, 0) is 44.0 Å². The Bertz CT molecular complexity index is 521. The zero-order valence-electron chi connectivity index (χ0n) is 11.2. The van der Waals surface area contributed by atoms with Crippen molar-refractivity contribution >= 4 is 5.91 Å². The number of nitrogens with zero attached hydrogens (tertiary/aromatic N) is 2. The van der Waals surface area contributed by atoms with Crippen LogP contribution in [0, 0.1) is 28.4 Å². The highest BCUT2D eigenvalue weighted by Crippen LogP contribution is 2.17. The fraction of sp³-hybridized carbons (Fsp3) is 0.429. The maximum absolute atomic E-state index is 13.4. The fourth-order valence-corrected chi connectivity index (χ4v) is 1.65. The Balaban J connectivity index is 2.70. The minimum atomic E-state index is -1.12. The number of amides is 1. The van der Waals surface area contributed by atoms with Gasteiger partial charge < -0.3 is 4.90 Å². The molecule has 102 valence electrons. The van der Waals surface area contributed by atoms with Gasteiger partial charge in [-0.15, -0.1) is 0 Å². The lowest BCUT2D eigenvalue weighted by Gasteiger charge is -2.24. The van der Waals surface area contributed by atoms with Crippen LogP contribution in [0.2, 0.25) is 0 Å². The van der Waals surface area contributed by atoms with Crippen molar-refractivity contribution in [3.8, 4) is 6.07 Å². The van der Waals surface area contributed by atoms with Gasteiger partial charge in [-0.2, -0.15) is 5.26 Å². The van der Waals surface area contributed by atoms with Crippen LogP contribution in [0.1, 0.15) is 19.4 Å². The van der Waals surface area contributed by atoms with Crippen LogP contribution in [0.5, 0.6) is 0 Å². The van der Waals surface area contributed by atoms with Crippen molar-refractivity contribution in [3.63, 3.8) is 0 Å². The summed E-state index contributed by atoms with van der Waals surface area (Å²) in [5.74, 6) is -1.35. The van der Waals surface area contributed by atoms with E-state index < -0.39 is 17.0 Å². The molecule has 0 unspecified atom stereocenters. The predicted octanol–water partition coefficient (Wildman–Crippen LogP) is 2.52. The molecule has 3 nitrogen and oxygen atoms in total. The van der Waals surface area contributed by atoms with Crippen LogP contribution in [0.25, 0.3) is 0 Å². The van der Waals surface area contributed by atoms with Crippen molar-refractivity contribution in [1.29, 1.82) is 5.26 Å². The van der Waals surface area contributed by atoms with E-state index in [1.807, 2.05) is 6.07 Å². The highest BCUT2D eigenvalue weighted by molar-refractivity contribution is 5.84. The molecule has 0 N–H and O–H groups in total. The SMILES string of the molecule is CN(CCc1cc(F)ccc1F)C(=O)C(C)(C)C#N. The number of benzene rings is 1. The smallest absolute Gasteiger partial charge is 0.242 e.